The molecule has 2 aliphatic heterocycles. The summed E-state index contributed by atoms with van der Waals surface area (Å²) in [7, 11) is 0. The maximum Gasteiger partial charge on any atom is 0.321 e. The van der Waals surface area contributed by atoms with E-state index in [0.717, 1.165) is 31.3 Å². The Balaban J connectivity index is 1.97. The van der Waals surface area contributed by atoms with Gasteiger partial charge in [-0.2, -0.15) is 0 Å². The van der Waals surface area contributed by atoms with Crippen LogP contribution >= 0.6 is 0 Å². The number of rotatable bonds is 1. The molecule has 4 aliphatic rings. The van der Waals surface area contributed by atoms with Crippen LogP contribution in [-0.2, 0) is 4.79 Å². The van der Waals surface area contributed by atoms with Gasteiger partial charge in [-0.05, 0) is 70.8 Å². The third-order valence-electron chi connectivity index (χ3n) is 7.76. The molecule has 4 heteroatoms. The van der Waals surface area contributed by atoms with E-state index < -0.39 is 23.7 Å². The summed E-state index contributed by atoms with van der Waals surface area (Å²) < 4.78 is 0. The van der Waals surface area contributed by atoms with Crippen LogP contribution in [0.15, 0.2) is 23.8 Å². The van der Waals surface area contributed by atoms with Crippen molar-refractivity contribution in [2.24, 2.45) is 17.3 Å². The van der Waals surface area contributed by atoms with E-state index in [1.807, 2.05) is 20.8 Å². The van der Waals surface area contributed by atoms with Crippen LogP contribution in [0.25, 0.3) is 0 Å². The number of carboxylic acids is 1. The van der Waals surface area contributed by atoms with E-state index in [2.05, 4.69) is 24.5 Å². The molecule has 0 aromatic rings. The Kier molecular flexibility index (Phi) is 3.08. The molecule has 0 amide bonds. The highest BCUT2D eigenvalue weighted by Crippen LogP contribution is 2.69. The van der Waals surface area contributed by atoms with Crippen LogP contribution in [0.4, 0.5) is 0 Å². The Morgan fingerprint density at radius 3 is 2.62 bits per heavy atom. The van der Waals surface area contributed by atoms with Gasteiger partial charge in [-0.15, -0.1) is 0 Å². The molecule has 1 spiro atoms. The van der Waals surface area contributed by atoms with Gasteiger partial charge < -0.3 is 10.2 Å². The minimum atomic E-state index is -0.743. The SMILES string of the molecule is C=C1CC23CC1CCC2C1(C)C=C(C)C(O)C(C)(C)N1C3C(=O)O. The molecule has 6 unspecified atom stereocenters. The minimum Gasteiger partial charge on any atom is -0.480 e. The third kappa shape index (κ3) is 1.64. The van der Waals surface area contributed by atoms with Crippen molar-refractivity contribution in [1.82, 2.24) is 4.90 Å². The molecule has 0 aromatic heterocycles. The second-order valence-electron chi connectivity index (χ2n) is 9.38. The summed E-state index contributed by atoms with van der Waals surface area (Å²) in [6, 6.07) is -0.552. The van der Waals surface area contributed by atoms with Gasteiger partial charge in [0.05, 0.1) is 6.10 Å². The fraction of sp³-hybridized carbons (Fsp3) is 0.750. The van der Waals surface area contributed by atoms with Crippen molar-refractivity contribution in [3.8, 4) is 0 Å². The number of nitrogens with zero attached hydrogens (tertiary/aromatic N) is 1. The summed E-state index contributed by atoms with van der Waals surface area (Å²) in [4.78, 5) is 14.6. The van der Waals surface area contributed by atoms with Gasteiger partial charge in [-0.1, -0.05) is 18.2 Å². The number of allylic oxidation sites excluding steroid dienone is 1. The van der Waals surface area contributed by atoms with Gasteiger partial charge >= 0.3 is 5.97 Å². The molecule has 2 saturated carbocycles. The molecular weight excluding hydrogens is 302 g/mol. The smallest absolute Gasteiger partial charge is 0.321 e. The van der Waals surface area contributed by atoms with Crippen molar-refractivity contribution in [2.45, 2.75) is 76.6 Å². The van der Waals surface area contributed by atoms with Crippen LogP contribution in [0.2, 0.25) is 0 Å². The largest absolute Gasteiger partial charge is 0.480 e. The Labute approximate surface area is 144 Å². The van der Waals surface area contributed by atoms with Crippen molar-refractivity contribution < 1.29 is 15.0 Å². The first-order valence-electron chi connectivity index (χ1n) is 9.13. The standard InChI is InChI=1S/C20H29NO3/c1-11-9-20-10-13(11)6-7-14(20)19(5)8-12(2)16(22)18(3,4)21(19)15(20)17(23)24/h8,13-16,22H,1,6-7,9-10H2,2-5H3,(H,23,24). The number of fused-ring (bicyclic) bond motifs is 3. The highest BCUT2D eigenvalue weighted by atomic mass is 16.4. The molecule has 0 radical (unpaired) electrons. The first-order valence-corrected chi connectivity index (χ1v) is 9.13. The zero-order valence-electron chi connectivity index (χ0n) is 15.2. The molecule has 2 heterocycles. The van der Waals surface area contributed by atoms with Gasteiger partial charge in [-0.25, -0.2) is 0 Å². The van der Waals surface area contributed by atoms with E-state index in [1.54, 1.807) is 0 Å². The molecule has 1 saturated heterocycles. The molecule has 3 fully saturated rings. The Morgan fingerprint density at radius 2 is 2.00 bits per heavy atom. The van der Waals surface area contributed by atoms with E-state index in [4.69, 9.17) is 0 Å². The van der Waals surface area contributed by atoms with Crippen LogP contribution < -0.4 is 0 Å². The molecule has 2 aliphatic carbocycles. The number of aliphatic carboxylic acids is 1. The maximum atomic E-state index is 12.4. The van der Waals surface area contributed by atoms with Gasteiger partial charge in [0.25, 0.3) is 0 Å². The quantitative estimate of drug-likeness (QED) is 0.725. The number of hydrogen-bond acceptors (Lipinski definition) is 3. The minimum absolute atomic E-state index is 0.237. The fourth-order valence-electron chi connectivity index (χ4n) is 7.15. The predicted molar refractivity (Wildman–Crippen MR) is 92.5 cm³/mol. The van der Waals surface area contributed by atoms with Crippen molar-refractivity contribution in [3.63, 3.8) is 0 Å². The normalized spacial score (nSPS) is 49.5. The number of aliphatic hydroxyl groups excluding tert-OH is 1. The first-order chi connectivity index (χ1) is 11.1. The average molecular weight is 331 g/mol. The number of carboxylic acid groups (broad SMARTS) is 1. The molecule has 6 atom stereocenters. The Bertz CT molecular complexity index is 666. The lowest BCUT2D eigenvalue weighted by Gasteiger charge is -2.54. The highest BCUT2D eigenvalue weighted by molar-refractivity contribution is 5.77. The summed E-state index contributed by atoms with van der Waals surface area (Å²) >= 11 is 0. The van der Waals surface area contributed by atoms with E-state index in [0.29, 0.717) is 11.8 Å². The summed E-state index contributed by atoms with van der Waals surface area (Å²) in [5.41, 5.74) is 1.07. The molecule has 4 rings (SSSR count). The third-order valence-corrected chi connectivity index (χ3v) is 7.76. The maximum absolute atomic E-state index is 12.4. The lowest BCUT2D eigenvalue weighted by Crippen LogP contribution is -2.66. The Hall–Kier alpha value is -1.13. The number of aliphatic hydroxyl groups is 1. The van der Waals surface area contributed by atoms with Crippen LogP contribution in [0.1, 0.15) is 53.4 Å². The van der Waals surface area contributed by atoms with Crippen LogP contribution in [0.3, 0.4) is 0 Å². The molecule has 132 valence electrons. The van der Waals surface area contributed by atoms with Gasteiger partial charge in [0.1, 0.15) is 6.04 Å². The highest BCUT2D eigenvalue weighted by Gasteiger charge is 2.73. The first kappa shape index (κ1) is 16.3. The van der Waals surface area contributed by atoms with Gasteiger partial charge in [0.2, 0.25) is 0 Å². The van der Waals surface area contributed by atoms with Crippen molar-refractivity contribution >= 4 is 5.97 Å². The molecule has 2 N–H and O–H groups in total. The molecular formula is C20H29NO3. The summed E-state index contributed by atoms with van der Waals surface area (Å²) in [6.45, 7) is 12.4. The van der Waals surface area contributed by atoms with Crippen molar-refractivity contribution in [1.29, 1.82) is 0 Å². The predicted octanol–water partition coefficient (Wildman–Crippen LogP) is 2.98. The average Bonchev–Trinajstić information content (AvgIpc) is 2.85. The van der Waals surface area contributed by atoms with Gasteiger partial charge in [0.15, 0.2) is 0 Å². The van der Waals surface area contributed by atoms with E-state index >= 15 is 0 Å². The monoisotopic (exact) mass is 331 g/mol. The van der Waals surface area contributed by atoms with Gasteiger partial charge in [0, 0.05) is 16.5 Å². The van der Waals surface area contributed by atoms with Crippen LogP contribution in [0.5, 0.6) is 0 Å². The van der Waals surface area contributed by atoms with Crippen LogP contribution in [-0.4, -0.2) is 44.3 Å². The van der Waals surface area contributed by atoms with Crippen molar-refractivity contribution in [3.05, 3.63) is 23.8 Å². The van der Waals surface area contributed by atoms with E-state index in [1.165, 1.54) is 5.57 Å². The summed E-state index contributed by atoms with van der Waals surface area (Å²) in [5, 5.41) is 21.0. The Morgan fingerprint density at radius 1 is 1.33 bits per heavy atom. The fourth-order valence-corrected chi connectivity index (χ4v) is 7.15. The summed E-state index contributed by atoms with van der Waals surface area (Å²) in [6.07, 6.45) is 5.47. The van der Waals surface area contributed by atoms with Gasteiger partial charge in [-0.3, -0.25) is 9.69 Å². The zero-order valence-corrected chi connectivity index (χ0v) is 15.2. The number of hydrogen-bond donors (Lipinski definition) is 2. The molecule has 0 aromatic carbocycles. The molecule has 24 heavy (non-hydrogen) atoms. The zero-order chi connectivity index (χ0) is 17.7. The second-order valence-corrected chi connectivity index (χ2v) is 9.38. The summed E-state index contributed by atoms with van der Waals surface area (Å²) in [5.74, 6) is 0.0433. The topological polar surface area (TPSA) is 60.8 Å². The lowest BCUT2D eigenvalue weighted by atomic mass is 9.61. The number of carbonyl (C=O) groups is 1. The molecule has 2 bridgehead atoms. The van der Waals surface area contributed by atoms with Crippen molar-refractivity contribution in [2.75, 3.05) is 0 Å². The lowest BCUT2D eigenvalue weighted by molar-refractivity contribution is -0.153. The van der Waals surface area contributed by atoms with E-state index in [9.17, 15) is 15.0 Å². The molecule has 4 nitrogen and oxygen atoms in total. The van der Waals surface area contributed by atoms with Crippen LogP contribution in [0, 0.1) is 17.3 Å². The second kappa shape index (κ2) is 4.53. The van der Waals surface area contributed by atoms with E-state index in [-0.39, 0.29) is 11.0 Å².